The van der Waals surface area contributed by atoms with Crippen molar-refractivity contribution in [2.45, 2.75) is 95.5 Å². The Kier molecular flexibility index (Phi) is 22.0. The molecular formula is C29H50N12O11. The molecule has 0 heterocycles. The van der Waals surface area contributed by atoms with Crippen LogP contribution in [0.2, 0.25) is 0 Å². The van der Waals surface area contributed by atoms with Crippen molar-refractivity contribution >= 4 is 66.2 Å². The van der Waals surface area contributed by atoms with Crippen molar-refractivity contribution in [3.63, 3.8) is 0 Å². The van der Waals surface area contributed by atoms with Crippen LogP contribution in [0, 0.1) is 5.41 Å². The van der Waals surface area contributed by atoms with Crippen molar-refractivity contribution in [1.29, 1.82) is 5.41 Å². The largest absolute Gasteiger partial charge is 0.481 e. The van der Waals surface area contributed by atoms with E-state index < -0.39 is 96.4 Å². The van der Waals surface area contributed by atoms with E-state index in [0.717, 1.165) is 0 Å². The molecule has 0 rings (SSSR count). The highest BCUT2D eigenvalue weighted by molar-refractivity contribution is 5.96. The monoisotopic (exact) mass is 742 g/mol. The van der Waals surface area contributed by atoms with Crippen LogP contribution in [0.15, 0.2) is 0 Å². The number of hydrogen-bond donors (Lipinski definition) is 13. The summed E-state index contributed by atoms with van der Waals surface area (Å²) < 4.78 is 0. The number of carbonyl (C=O) groups excluding carboxylic acids is 9. The smallest absolute Gasteiger partial charge is 0.305 e. The Hall–Kier alpha value is -5.55. The number of likely N-dealkylation sites (N-methyl/N-ethyl adjacent to an activating group) is 1. The fourth-order valence-corrected chi connectivity index (χ4v) is 4.03. The highest BCUT2D eigenvalue weighted by Crippen LogP contribution is 1.98. The molecule has 0 aliphatic heterocycles. The first kappa shape index (κ1) is 46.4. The van der Waals surface area contributed by atoms with Gasteiger partial charge in [0.15, 0.2) is 18.3 Å². The summed E-state index contributed by atoms with van der Waals surface area (Å²) in [5.74, 6) is -6.75. The van der Waals surface area contributed by atoms with Crippen LogP contribution in [0.3, 0.4) is 0 Å². The van der Waals surface area contributed by atoms with Gasteiger partial charge in [-0.3, -0.25) is 54.9 Å². The molecule has 52 heavy (non-hydrogen) atoms. The molecule has 23 nitrogen and oxygen atoms in total. The number of guanidine groups is 1. The van der Waals surface area contributed by atoms with Gasteiger partial charge in [0.05, 0.1) is 31.1 Å². The first-order chi connectivity index (χ1) is 24.4. The van der Waals surface area contributed by atoms with Crippen LogP contribution in [0.4, 0.5) is 0 Å². The lowest BCUT2D eigenvalue weighted by Crippen LogP contribution is -2.63. The molecule has 6 amide bonds. The standard InChI is InChI=1S/C29H50N12O11/c1-14(33-9-10-42)23(47)41-22(39-19(13-44)11-20(45)46)28(52)37-16(3)25(49)35-15(2)24(48)36-17(4)26(50)40-21(27(51)32-5)38-18(12-43)7-6-8-34-29(30)31/h10,12-19,21-22,33,38-39H,6-9,11H2,1-5H3,(H,32,51)(H,35,49)(H,36,48)(H,37,52)(H,40,50)(H,41,47)(H,45,46)(H4,30,31,34)/t14?,15-,16-,17-,18+,19+,21+,22+/m0/s1. The number of nitrogens with one attached hydrogen (secondary N) is 11. The summed E-state index contributed by atoms with van der Waals surface area (Å²) in [6, 6.07) is -7.16. The van der Waals surface area contributed by atoms with Crippen molar-refractivity contribution in [2.75, 3.05) is 20.1 Å². The van der Waals surface area contributed by atoms with Crippen LogP contribution < -0.4 is 58.9 Å². The van der Waals surface area contributed by atoms with Gasteiger partial charge in [-0.1, -0.05) is 0 Å². The summed E-state index contributed by atoms with van der Waals surface area (Å²) in [6.07, 6.45) is -1.97. The number of carboxylic acid groups (broad SMARTS) is 1. The van der Waals surface area contributed by atoms with E-state index in [1.165, 1.54) is 34.7 Å². The van der Waals surface area contributed by atoms with E-state index in [2.05, 4.69) is 53.2 Å². The van der Waals surface area contributed by atoms with Crippen molar-refractivity contribution in [3.8, 4) is 0 Å². The summed E-state index contributed by atoms with van der Waals surface area (Å²) in [4.78, 5) is 121. The fraction of sp³-hybridized carbons (Fsp3) is 0.621. The predicted molar refractivity (Wildman–Crippen MR) is 182 cm³/mol. The minimum atomic E-state index is -1.71. The number of carbonyl (C=O) groups is 10. The number of nitrogens with two attached hydrogens (primary N) is 1. The van der Waals surface area contributed by atoms with Crippen LogP contribution >= 0.6 is 0 Å². The maximum absolute atomic E-state index is 13.0. The first-order valence-corrected chi connectivity index (χ1v) is 16.0. The molecule has 0 aromatic heterocycles. The highest BCUT2D eigenvalue weighted by Gasteiger charge is 2.31. The van der Waals surface area contributed by atoms with Crippen LogP contribution in [0.5, 0.6) is 0 Å². The molecule has 0 saturated heterocycles. The van der Waals surface area contributed by atoms with Gasteiger partial charge in [-0.05, 0) is 40.5 Å². The van der Waals surface area contributed by atoms with E-state index in [9.17, 15) is 47.9 Å². The molecule has 0 radical (unpaired) electrons. The van der Waals surface area contributed by atoms with Crippen LogP contribution in [0.25, 0.3) is 0 Å². The Morgan fingerprint density at radius 3 is 1.56 bits per heavy atom. The molecule has 0 bridgehead atoms. The number of amides is 6. The van der Waals surface area contributed by atoms with Crippen LogP contribution in [-0.4, -0.2) is 140 Å². The van der Waals surface area contributed by atoms with Gasteiger partial charge in [0.2, 0.25) is 23.6 Å². The number of carboxylic acids is 1. The molecule has 0 aromatic rings. The zero-order chi connectivity index (χ0) is 40.0. The Labute approximate surface area is 299 Å². The average Bonchev–Trinajstić information content (AvgIpc) is 3.09. The van der Waals surface area contributed by atoms with Gasteiger partial charge in [0.25, 0.3) is 11.8 Å². The molecule has 0 aromatic carbocycles. The summed E-state index contributed by atoms with van der Waals surface area (Å²) in [7, 11) is 1.30. The third kappa shape index (κ3) is 18.4. The number of rotatable bonds is 26. The molecule has 292 valence electrons. The quantitative estimate of drug-likeness (QED) is 0.0129. The third-order valence-electron chi connectivity index (χ3n) is 6.99. The zero-order valence-corrected chi connectivity index (χ0v) is 29.5. The first-order valence-electron chi connectivity index (χ1n) is 16.0. The minimum absolute atomic E-state index is 0.195. The lowest BCUT2D eigenvalue weighted by molar-refractivity contribution is -0.139. The summed E-state index contributed by atoms with van der Waals surface area (Å²) >= 11 is 0. The van der Waals surface area contributed by atoms with Gasteiger partial charge in [0.1, 0.15) is 37.0 Å². The van der Waals surface area contributed by atoms with E-state index in [1.807, 2.05) is 0 Å². The zero-order valence-electron chi connectivity index (χ0n) is 29.5. The molecule has 23 heteroatoms. The molecule has 0 aliphatic carbocycles. The number of hydrogen-bond acceptors (Lipinski definition) is 14. The van der Waals surface area contributed by atoms with Crippen molar-refractivity contribution in [2.24, 2.45) is 5.73 Å². The van der Waals surface area contributed by atoms with Gasteiger partial charge in [-0.25, -0.2) is 0 Å². The Morgan fingerprint density at radius 2 is 1.12 bits per heavy atom. The van der Waals surface area contributed by atoms with E-state index in [0.29, 0.717) is 19.0 Å². The molecule has 8 atom stereocenters. The fourth-order valence-electron chi connectivity index (χ4n) is 4.03. The highest BCUT2D eigenvalue weighted by atomic mass is 16.4. The van der Waals surface area contributed by atoms with Crippen LogP contribution in [0.1, 0.15) is 47.0 Å². The van der Waals surface area contributed by atoms with Gasteiger partial charge < -0.3 is 62.4 Å². The van der Waals surface area contributed by atoms with E-state index in [1.54, 1.807) is 0 Å². The lowest BCUT2D eigenvalue weighted by Gasteiger charge is -2.26. The van der Waals surface area contributed by atoms with Gasteiger partial charge >= 0.3 is 5.97 Å². The van der Waals surface area contributed by atoms with Gasteiger partial charge in [0, 0.05) is 13.6 Å². The predicted octanol–water partition coefficient (Wildman–Crippen LogP) is -6.64. The van der Waals surface area contributed by atoms with Crippen molar-refractivity contribution in [1.82, 2.24) is 53.2 Å². The second kappa shape index (κ2) is 24.6. The SMILES string of the molecule is CNC(=O)[C@@H](NC(=O)[C@H](C)NC(=O)[C@H](C)NC(=O)[C@H](C)NC(=O)[C@@H](NC(=O)C(C)NCC=O)N[C@@H](C=O)CC(=O)O)N[C@@H](C=O)CCCNC(=N)N. The summed E-state index contributed by atoms with van der Waals surface area (Å²) in [5.41, 5.74) is 5.22. The molecule has 0 spiro atoms. The molecule has 0 fully saturated rings. The van der Waals surface area contributed by atoms with Crippen molar-refractivity contribution < 1.29 is 53.1 Å². The number of aldehydes is 3. The average molecular weight is 743 g/mol. The molecule has 1 unspecified atom stereocenters. The number of aliphatic carboxylic acids is 1. The Bertz CT molecular complexity index is 1300. The van der Waals surface area contributed by atoms with E-state index in [4.69, 9.17) is 16.2 Å². The maximum Gasteiger partial charge on any atom is 0.305 e. The molecule has 0 saturated carbocycles. The summed E-state index contributed by atoms with van der Waals surface area (Å²) in [5, 5.41) is 40.4. The second-order valence-corrected chi connectivity index (χ2v) is 11.4. The second-order valence-electron chi connectivity index (χ2n) is 11.4. The van der Waals surface area contributed by atoms with Crippen LogP contribution in [-0.2, 0) is 47.9 Å². The van der Waals surface area contributed by atoms with Gasteiger partial charge in [-0.2, -0.15) is 0 Å². The Morgan fingerprint density at radius 1 is 0.673 bits per heavy atom. The van der Waals surface area contributed by atoms with Crippen molar-refractivity contribution in [3.05, 3.63) is 0 Å². The summed E-state index contributed by atoms with van der Waals surface area (Å²) in [6.45, 7) is 5.26. The maximum atomic E-state index is 13.0. The third-order valence-corrected chi connectivity index (χ3v) is 6.99. The molecule has 0 aliphatic rings. The normalized spacial score (nSPS) is 15.2. The molecule has 14 N–H and O–H groups in total. The Balaban J connectivity index is 5.41. The topological polar surface area (TPSA) is 361 Å². The lowest BCUT2D eigenvalue weighted by atomic mass is 10.1. The van der Waals surface area contributed by atoms with E-state index >= 15 is 0 Å². The minimum Gasteiger partial charge on any atom is -0.481 e. The van der Waals surface area contributed by atoms with Gasteiger partial charge in [-0.15, -0.1) is 0 Å². The molecular weight excluding hydrogens is 692 g/mol. The van der Waals surface area contributed by atoms with E-state index in [-0.39, 0.29) is 31.8 Å².